The van der Waals surface area contributed by atoms with Crippen molar-refractivity contribution in [2.24, 2.45) is 17.6 Å². The summed E-state index contributed by atoms with van der Waals surface area (Å²) in [5.74, 6) is -0.738. The fourth-order valence-corrected chi connectivity index (χ4v) is 2.69. The molecule has 3 atom stereocenters. The number of ether oxygens (including phenoxy) is 1. The van der Waals surface area contributed by atoms with Gasteiger partial charge in [0.2, 0.25) is 5.91 Å². The van der Waals surface area contributed by atoms with E-state index in [9.17, 15) is 19.5 Å². The maximum absolute atomic E-state index is 12.4. The Kier molecular flexibility index (Phi) is 6.80. The second kappa shape index (κ2) is 8.14. The molecule has 1 aliphatic rings. The molecule has 0 aromatic heterocycles. The Morgan fingerprint density at radius 3 is 2.61 bits per heavy atom. The van der Waals surface area contributed by atoms with Gasteiger partial charge in [-0.05, 0) is 32.1 Å². The van der Waals surface area contributed by atoms with E-state index in [1.807, 2.05) is 13.8 Å². The van der Waals surface area contributed by atoms with Gasteiger partial charge in [0.25, 0.3) is 5.91 Å². The van der Waals surface area contributed by atoms with Crippen molar-refractivity contribution in [3.63, 3.8) is 0 Å². The lowest BCUT2D eigenvalue weighted by atomic mass is 9.88. The SMILES string of the molecule is CC(C)CC(OC(N)=O)C(=O)NC(C)(CO)CC1CCNC1=O. The summed E-state index contributed by atoms with van der Waals surface area (Å²) in [6, 6.07) is 0. The van der Waals surface area contributed by atoms with Crippen molar-refractivity contribution in [3.8, 4) is 0 Å². The first kappa shape index (κ1) is 19.2. The number of nitrogens with two attached hydrogens (primary N) is 1. The van der Waals surface area contributed by atoms with Gasteiger partial charge in [-0.1, -0.05) is 13.8 Å². The number of primary amides is 1. The molecule has 0 radical (unpaired) electrons. The standard InChI is InChI=1S/C15H27N3O5/c1-9(2)6-11(23-14(16)22)13(21)18-15(3,8-19)7-10-4-5-17-12(10)20/h9-11,19H,4-8H2,1-3H3,(H2,16,22)(H,17,20)(H,18,21). The third-order valence-corrected chi connectivity index (χ3v) is 3.87. The molecule has 0 spiro atoms. The van der Waals surface area contributed by atoms with Gasteiger partial charge in [0.05, 0.1) is 12.1 Å². The molecular formula is C15H27N3O5. The molecule has 1 aliphatic heterocycles. The van der Waals surface area contributed by atoms with Gasteiger partial charge in [-0.3, -0.25) is 9.59 Å². The minimum atomic E-state index is -1.02. The molecular weight excluding hydrogens is 302 g/mol. The first-order valence-corrected chi connectivity index (χ1v) is 7.83. The first-order valence-electron chi connectivity index (χ1n) is 7.83. The van der Waals surface area contributed by atoms with Gasteiger partial charge in [-0.25, -0.2) is 4.79 Å². The van der Waals surface area contributed by atoms with Crippen LogP contribution in [0.3, 0.4) is 0 Å². The zero-order valence-corrected chi connectivity index (χ0v) is 13.9. The van der Waals surface area contributed by atoms with Gasteiger partial charge >= 0.3 is 6.09 Å². The van der Waals surface area contributed by atoms with Crippen LogP contribution in [0.5, 0.6) is 0 Å². The number of aliphatic hydroxyl groups excluding tert-OH is 1. The molecule has 0 saturated carbocycles. The molecule has 23 heavy (non-hydrogen) atoms. The van der Waals surface area contributed by atoms with Crippen molar-refractivity contribution in [2.45, 2.75) is 51.7 Å². The molecule has 3 amide bonds. The Morgan fingerprint density at radius 1 is 1.52 bits per heavy atom. The van der Waals surface area contributed by atoms with E-state index in [-0.39, 0.29) is 24.3 Å². The number of aliphatic hydroxyl groups is 1. The van der Waals surface area contributed by atoms with Gasteiger partial charge in [0, 0.05) is 12.5 Å². The molecule has 0 bridgehead atoms. The molecule has 0 aromatic carbocycles. The fourth-order valence-electron chi connectivity index (χ4n) is 2.69. The summed E-state index contributed by atoms with van der Waals surface area (Å²) in [4.78, 5) is 35.0. The highest BCUT2D eigenvalue weighted by Gasteiger charge is 2.36. The predicted molar refractivity (Wildman–Crippen MR) is 83.3 cm³/mol. The summed E-state index contributed by atoms with van der Waals surface area (Å²) in [6.07, 6.45) is -0.744. The summed E-state index contributed by atoms with van der Waals surface area (Å²) < 4.78 is 4.87. The second-order valence-electron chi connectivity index (χ2n) is 6.74. The van der Waals surface area contributed by atoms with Crippen molar-refractivity contribution in [1.82, 2.24) is 10.6 Å². The van der Waals surface area contributed by atoms with Crippen LogP contribution in [0.4, 0.5) is 4.79 Å². The zero-order valence-electron chi connectivity index (χ0n) is 13.9. The topological polar surface area (TPSA) is 131 Å². The highest BCUT2D eigenvalue weighted by Crippen LogP contribution is 2.23. The number of carbonyl (C=O) groups is 3. The largest absolute Gasteiger partial charge is 0.436 e. The third-order valence-electron chi connectivity index (χ3n) is 3.87. The second-order valence-corrected chi connectivity index (χ2v) is 6.74. The van der Waals surface area contributed by atoms with Crippen LogP contribution in [-0.2, 0) is 14.3 Å². The van der Waals surface area contributed by atoms with E-state index in [1.165, 1.54) is 0 Å². The number of hydrogen-bond donors (Lipinski definition) is 4. The predicted octanol–water partition coefficient (Wildman–Crippen LogP) is -0.110. The Balaban J connectivity index is 2.74. The van der Waals surface area contributed by atoms with Crippen LogP contribution in [0.2, 0.25) is 0 Å². The average Bonchev–Trinajstić information content (AvgIpc) is 2.82. The van der Waals surface area contributed by atoms with Gasteiger partial charge in [0.1, 0.15) is 0 Å². The average molecular weight is 329 g/mol. The van der Waals surface area contributed by atoms with Crippen LogP contribution in [-0.4, -0.2) is 47.8 Å². The maximum atomic E-state index is 12.4. The highest BCUT2D eigenvalue weighted by atomic mass is 16.6. The number of nitrogens with one attached hydrogen (secondary N) is 2. The smallest absolute Gasteiger partial charge is 0.405 e. The van der Waals surface area contributed by atoms with Gasteiger partial charge in [0.15, 0.2) is 6.10 Å². The van der Waals surface area contributed by atoms with Gasteiger partial charge < -0.3 is 26.2 Å². The third kappa shape index (κ3) is 6.05. The molecule has 0 aromatic rings. The lowest BCUT2D eigenvalue weighted by molar-refractivity contribution is -0.133. The maximum Gasteiger partial charge on any atom is 0.405 e. The van der Waals surface area contributed by atoms with Gasteiger partial charge in [-0.2, -0.15) is 0 Å². The van der Waals surface area contributed by atoms with Crippen molar-refractivity contribution < 1.29 is 24.2 Å². The molecule has 8 nitrogen and oxygen atoms in total. The molecule has 1 rings (SSSR count). The van der Waals surface area contributed by atoms with E-state index >= 15 is 0 Å². The normalized spacial score (nSPS) is 21.4. The van der Waals surface area contributed by atoms with Crippen LogP contribution >= 0.6 is 0 Å². The molecule has 1 saturated heterocycles. The Labute approximate surface area is 136 Å². The van der Waals surface area contributed by atoms with Crippen LogP contribution in [0.25, 0.3) is 0 Å². The van der Waals surface area contributed by atoms with Crippen LogP contribution in [0.15, 0.2) is 0 Å². The lowest BCUT2D eigenvalue weighted by Crippen LogP contribution is -2.54. The summed E-state index contributed by atoms with van der Waals surface area (Å²) in [6.45, 7) is 5.71. The van der Waals surface area contributed by atoms with Crippen LogP contribution in [0, 0.1) is 11.8 Å². The van der Waals surface area contributed by atoms with E-state index in [0.29, 0.717) is 25.8 Å². The summed E-state index contributed by atoms with van der Waals surface area (Å²) in [5, 5.41) is 15.1. The zero-order chi connectivity index (χ0) is 17.6. The van der Waals surface area contributed by atoms with Crippen molar-refractivity contribution in [1.29, 1.82) is 0 Å². The van der Waals surface area contributed by atoms with Gasteiger partial charge in [-0.15, -0.1) is 0 Å². The van der Waals surface area contributed by atoms with Crippen LogP contribution in [0.1, 0.15) is 40.0 Å². The number of carbonyl (C=O) groups excluding carboxylic acids is 3. The molecule has 0 aliphatic carbocycles. The summed E-state index contributed by atoms with van der Waals surface area (Å²) >= 11 is 0. The van der Waals surface area contributed by atoms with E-state index in [1.54, 1.807) is 6.92 Å². The Hall–Kier alpha value is -1.83. The fraction of sp³-hybridized carbons (Fsp3) is 0.800. The Bertz CT molecular complexity index is 454. The molecule has 5 N–H and O–H groups in total. The molecule has 3 unspecified atom stereocenters. The minimum absolute atomic E-state index is 0.0777. The van der Waals surface area contributed by atoms with Crippen molar-refractivity contribution >= 4 is 17.9 Å². The molecule has 132 valence electrons. The summed E-state index contributed by atoms with van der Waals surface area (Å²) in [7, 11) is 0. The van der Waals surface area contributed by atoms with E-state index in [4.69, 9.17) is 10.5 Å². The number of hydrogen-bond acceptors (Lipinski definition) is 5. The highest BCUT2D eigenvalue weighted by molar-refractivity contribution is 5.84. The van der Waals surface area contributed by atoms with Crippen LogP contribution < -0.4 is 16.4 Å². The van der Waals surface area contributed by atoms with E-state index < -0.39 is 23.6 Å². The van der Waals surface area contributed by atoms with E-state index in [0.717, 1.165) is 0 Å². The molecule has 8 heteroatoms. The number of rotatable bonds is 8. The molecule has 1 heterocycles. The summed E-state index contributed by atoms with van der Waals surface area (Å²) in [5.41, 5.74) is 4.04. The molecule has 1 fully saturated rings. The first-order chi connectivity index (χ1) is 10.7. The van der Waals surface area contributed by atoms with Crippen molar-refractivity contribution in [2.75, 3.05) is 13.2 Å². The van der Waals surface area contributed by atoms with E-state index in [2.05, 4.69) is 10.6 Å². The number of amides is 3. The minimum Gasteiger partial charge on any atom is -0.436 e. The quantitative estimate of drug-likeness (QED) is 0.493. The van der Waals surface area contributed by atoms with Crippen molar-refractivity contribution in [3.05, 3.63) is 0 Å². The Morgan fingerprint density at radius 2 is 2.17 bits per heavy atom. The monoisotopic (exact) mass is 329 g/mol. The lowest BCUT2D eigenvalue weighted by Gasteiger charge is -2.32.